The van der Waals surface area contributed by atoms with Gasteiger partial charge in [-0.15, -0.1) is 0 Å². The number of para-hydroxylation sites is 2. The lowest BCUT2D eigenvalue weighted by Crippen LogP contribution is -2.41. The average molecular weight is 396 g/mol. The van der Waals surface area contributed by atoms with Crippen LogP contribution in [-0.4, -0.2) is 32.6 Å². The third kappa shape index (κ3) is 4.47. The lowest BCUT2D eigenvalue weighted by atomic mass is 9.93. The van der Waals surface area contributed by atoms with Gasteiger partial charge >= 0.3 is 11.8 Å². The molecule has 8 heteroatoms. The minimum Gasteiger partial charge on any atom is -0.460 e. The summed E-state index contributed by atoms with van der Waals surface area (Å²) in [4.78, 5) is 33.1. The van der Waals surface area contributed by atoms with Crippen LogP contribution in [0.3, 0.4) is 0 Å². The van der Waals surface area contributed by atoms with Crippen LogP contribution in [0.15, 0.2) is 39.5 Å². The monoisotopic (exact) mass is 396 g/mol. The van der Waals surface area contributed by atoms with Gasteiger partial charge in [0.1, 0.15) is 12.6 Å². The second-order valence-electron chi connectivity index (χ2n) is 7.51. The zero-order valence-corrected chi connectivity index (χ0v) is 16.6. The van der Waals surface area contributed by atoms with Crippen LogP contribution in [0.2, 0.25) is 0 Å². The normalized spacial score (nSPS) is 19.2. The molecule has 1 N–H and O–H groups in total. The van der Waals surface area contributed by atoms with Gasteiger partial charge < -0.3 is 14.5 Å². The second-order valence-corrected chi connectivity index (χ2v) is 7.51. The maximum atomic E-state index is 12.5. The standard InChI is InChI=1S/C21H24N4O4/c1-13-11-14(2)23-20(22-13)28-16-9-7-15(8-10-16)24-19(26)12-25-17-5-3-4-6-18(17)29-21(25)27/h3-6,11,15-16H,7-10,12H2,1-2H3,(H,24,26). The zero-order chi connectivity index (χ0) is 20.4. The van der Waals surface area contributed by atoms with E-state index in [-0.39, 0.29) is 24.6 Å². The number of nitrogens with one attached hydrogen (secondary N) is 1. The second kappa shape index (κ2) is 8.06. The van der Waals surface area contributed by atoms with Crippen molar-refractivity contribution in [2.24, 2.45) is 0 Å². The third-order valence-electron chi connectivity index (χ3n) is 5.15. The number of amides is 1. The molecule has 4 rings (SSSR count). The Balaban J connectivity index is 1.30. The number of nitrogens with zero attached hydrogens (tertiary/aromatic N) is 3. The van der Waals surface area contributed by atoms with Crippen LogP contribution in [0.4, 0.5) is 0 Å². The van der Waals surface area contributed by atoms with E-state index >= 15 is 0 Å². The number of oxazole rings is 1. The predicted octanol–water partition coefficient (Wildman–Crippen LogP) is 2.51. The lowest BCUT2D eigenvalue weighted by molar-refractivity contribution is -0.122. The molecule has 1 amide bonds. The smallest absolute Gasteiger partial charge is 0.420 e. The first-order chi connectivity index (χ1) is 14.0. The maximum absolute atomic E-state index is 12.5. The zero-order valence-electron chi connectivity index (χ0n) is 16.6. The van der Waals surface area contributed by atoms with Gasteiger partial charge in [0, 0.05) is 17.4 Å². The molecule has 2 aromatic heterocycles. The van der Waals surface area contributed by atoms with Gasteiger partial charge in [-0.2, -0.15) is 0 Å². The largest absolute Gasteiger partial charge is 0.460 e. The number of aromatic nitrogens is 3. The Bertz CT molecular complexity index is 1060. The summed E-state index contributed by atoms with van der Waals surface area (Å²) in [5.41, 5.74) is 2.88. The Morgan fingerprint density at radius 1 is 1.17 bits per heavy atom. The minimum absolute atomic E-state index is 0.0461. The molecule has 1 fully saturated rings. The first-order valence-corrected chi connectivity index (χ1v) is 9.84. The SMILES string of the molecule is Cc1cc(C)nc(OC2CCC(NC(=O)Cn3c(=O)oc4ccccc43)CC2)n1. The number of ether oxygens (including phenoxy) is 1. The Labute approximate surface area is 167 Å². The number of carbonyl (C=O) groups excluding carboxylic acids is 1. The van der Waals surface area contributed by atoms with E-state index in [1.807, 2.05) is 26.0 Å². The van der Waals surface area contributed by atoms with E-state index in [1.54, 1.807) is 18.2 Å². The maximum Gasteiger partial charge on any atom is 0.420 e. The molecule has 1 saturated carbocycles. The summed E-state index contributed by atoms with van der Waals surface area (Å²) in [5, 5.41) is 3.02. The van der Waals surface area contributed by atoms with Gasteiger partial charge in [0.05, 0.1) is 5.52 Å². The van der Waals surface area contributed by atoms with Crippen LogP contribution in [0.25, 0.3) is 11.1 Å². The molecule has 0 unspecified atom stereocenters. The van der Waals surface area contributed by atoms with Crippen LogP contribution in [0.1, 0.15) is 37.1 Å². The van der Waals surface area contributed by atoms with Gasteiger partial charge in [0.25, 0.3) is 0 Å². The van der Waals surface area contributed by atoms with Crippen molar-refractivity contribution >= 4 is 17.0 Å². The molecule has 152 valence electrons. The fourth-order valence-electron chi connectivity index (χ4n) is 3.80. The molecule has 0 spiro atoms. The van der Waals surface area contributed by atoms with Crippen molar-refractivity contribution in [1.29, 1.82) is 0 Å². The fourth-order valence-corrected chi connectivity index (χ4v) is 3.80. The van der Waals surface area contributed by atoms with Crippen molar-refractivity contribution in [3.8, 4) is 6.01 Å². The molecule has 0 saturated heterocycles. The Morgan fingerprint density at radius 3 is 2.59 bits per heavy atom. The van der Waals surface area contributed by atoms with Gasteiger partial charge in [0.2, 0.25) is 5.91 Å². The number of rotatable bonds is 5. The summed E-state index contributed by atoms with van der Waals surface area (Å²) in [5.74, 6) is -0.715. The number of carbonyl (C=O) groups is 1. The van der Waals surface area contributed by atoms with Crippen LogP contribution in [0, 0.1) is 13.8 Å². The van der Waals surface area contributed by atoms with E-state index in [0.29, 0.717) is 17.1 Å². The van der Waals surface area contributed by atoms with Gasteiger partial charge in [0.15, 0.2) is 5.58 Å². The fraction of sp³-hybridized carbons (Fsp3) is 0.429. The summed E-state index contributed by atoms with van der Waals surface area (Å²) in [6.07, 6.45) is 3.29. The minimum atomic E-state index is -0.521. The molecule has 0 bridgehead atoms. The Hall–Kier alpha value is -3.16. The summed E-state index contributed by atoms with van der Waals surface area (Å²) in [7, 11) is 0. The number of hydrogen-bond donors (Lipinski definition) is 1. The average Bonchev–Trinajstić information content (AvgIpc) is 2.98. The van der Waals surface area contributed by atoms with E-state index in [9.17, 15) is 9.59 Å². The van der Waals surface area contributed by atoms with Gasteiger partial charge in [-0.1, -0.05) is 12.1 Å². The summed E-state index contributed by atoms with van der Waals surface area (Å²) in [6.45, 7) is 3.79. The summed E-state index contributed by atoms with van der Waals surface area (Å²) >= 11 is 0. The van der Waals surface area contributed by atoms with Crippen LogP contribution >= 0.6 is 0 Å². The van der Waals surface area contributed by atoms with Gasteiger partial charge in [-0.05, 0) is 57.7 Å². The van der Waals surface area contributed by atoms with Crippen LogP contribution < -0.4 is 15.8 Å². The molecule has 1 aliphatic carbocycles. The molecular formula is C21H24N4O4. The van der Waals surface area contributed by atoms with E-state index < -0.39 is 5.76 Å². The number of hydrogen-bond acceptors (Lipinski definition) is 6. The third-order valence-corrected chi connectivity index (χ3v) is 5.15. The molecular weight excluding hydrogens is 372 g/mol. The number of fused-ring (bicyclic) bond motifs is 1. The molecule has 0 aliphatic heterocycles. The molecule has 3 aromatic rings. The number of benzene rings is 1. The van der Waals surface area contributed by atoms with Crippen molar-refractivity contribution < 1.29 is 13.9 Å². The lowest BCUT2D eigenvalue weighted by Gasteiger charge is -2.29. The quantitative estimate of drug-likeness (QED) is 0.711. The first kappa shape index (κ1) is 19.2. The van der Waals surface area contributed by atoms with E-state index in [4.69, 9.17) is 9.15 Å². The van der Waals surface area contributed by atoms with Crippen molar-refractivity contribution in [3.05, 3.63) is 52.3 Å². The topological polar surface area (TPSA) is 99.2 Å². The van der Waals surface area contributed by atoms with Crippen LogP contribution in [0.5, 0.6) is 6.01 Å². The molecule has 1 aromatic carbocycles. The molecule has 8 nitrogen and oxygen atoms in total. The van der Waals surface area contributed by atoms with Gasteiger partial charge in [-0.25, -0.2) is 14.8 Å². The molecule has 1 aliphatic rings. The molecule has 29 heavy (non-hydrogen) atoms. The number of aryl methyl sites for hydroxylation is 2. The van der Waals surface area contributed by atoms with Crippen LogP contribution in [-0.2, 0) is 11.3 Å². The van der Waals surface area contributed by atoms with Crippen molar-refractivity contribution in [2.45, 2.75) is 58.2 Å². The van der Waals surface area contributed by atoms with Crippen molar-refractivity contribution in [3.63, 3.8) is 0 Å². The Kier molecular flexibility index (Phi) is 5.33. The highest BCUT2D eigenvalue weighted by molar-refractivity contribution is 5.79. The summed E-state index contributed by atoms with van der Waals surface area (Å²) < 4.78 is 12.5. The molecule has 2 heterocycles. The highest BCUT2D eigenvalue weighted by atomic mass is 16.5. The van der Waals surface area contributed by atoms with E-state index in [2.05, 4.69) is 15.3 Å². The Morgan fingerprint density at radius 2 is 1.86 bits per heavy atom. The first-order valence-electron chi connectivity index (χ1n) is 9.84. The van der Waals surface area contributed by atoms with E-state index in [0.717, 1.165) is 37.1 Å². The molecule has 0 atom stereocenters. The highest BCUT2D eigenvalue weighted by Crippen LogP contribution is 2.22. The summed E-state index contributed by atoms with van der Waals surface area (Å²) in [6, 6.07) is 9.48. The molecule has 0 radical (unpaired) electrons. The predicted molar refractivity (Wildman–Crippen MR) is 107 cm³/mol. The van der Waals surface area contributed by atoms with Crippen molar-refractivity contribution in [1.82, 2.24) is 19.9 Å². The van der Waals surface area contributed by atoms with E-state index in [1.165, 1.54) is 4.57 Å². The van der Waals surface area contributed by atoms with Gasteiger partial charge in [-0.3, -0.25) is 9.36 Å². The van der Waals surface area contributed by atoms with Crippen molar-refractivity contribution in [2.75, 3.05) is 0 Å². The highest BCUT2D eigenvalue weighted by Gasteiger charge is 2.25.